The first-order chi connectivity index (χ1) is 11.1. The summed E-state index contributed by atoms with van der Waals surface area (Å²) in [6.07, 6.45) is 2.99. The van der Waals surface area contributed by atoms with Crippen molar-refractivity contribution >= 4 is 56.9 Å². The molecule has 0 unspecified atom stereocenters. The number of ether oxygens (including phenoxy) is 1. The first kappa shape index (κ1) is 16.2. The monoisotopic (exact) mass is 366 g/mol. The van der Waals surface area contributed by atoms with Gasteiger partial charge in [0.05, 0.1) is 12.7 Å². The minimum Gasteiger partial charge on any atom is -0.465 e. The van der Waals surface area contributed by atoms with E-state index >= 15 is 0 Å². The summed E-state index contributed by atoms with van der Waals surface area (Å²) in [5, 5.41) is 7.97. The number of esters is 1. The minimum atomic E-state index is -0.322. The number of carbonyl (C=O) groups is 1. The highest BCUT2D eigenvalue weighted by molar-refractivity contribution is 7.80. The van der Waals surface area contributed by atoms with Crippen LogP contribution in [0.4, 0.5) is 10.7 Å². The number of aryl methyl sites for hydroxylation is 1. The lowest BCUT2D eigenvalue weighted by Crippen LogP contribution is -2.20. The summed E-state index contributed by atoms with van der Waals surface area (Å²) >= 11 is 12.9. The Hall–Kier alpha value is -1.63. The molecule has 120 valence electrons. The molecular weight excluding hydrogens is 352 g/mol. The zero-order valence-corrected chi connectivity index (χ0v) is 14.8. The van der Waals surface area contributed by atoms with Gasteiger partial charge < -0.3 is 15.4 Å². The summed E-state index contributed by atoms with van der Waals surface area (Å²) in [7, 11) is 1.40. The average Bonchev–Trinajstić information content (AvgIpc) is 3.06. The third-order valence-corrected chi connectivity index (χ3v) is 5.27. The smallest absolute Gasteiger partial charge is 0.341 e. The van der Waals surface area contributed by atoms with E-state index in [1.54, 1.807) is 23.5 Å². The highest BCUT2D eigenvalue weighted by atomic mass is 35.5. The molecule has 0 amide bonds. The number of fused-ring (bicyclic) bond motifs is 1. The van der Waals surface area contributed by atoms with Crippen molar-refractivity contribution < 1.29 is 9.53 Å². The molecule has 1 aliphatic rings. The fraction of sp³-hybridized carbons (Fsp3) is 0.250. The van der Waals surface area contributed by atoms with Crippen LogP contribution in [0.3, 0.4) is 0 Å². The summed E-state index contributed by atoms with van der Waals surface area (Å²) in [6.45, 7) is 0. The van der Waals surface area contributed by atoms with E-state index in [9.17, 15) is 4.79 Å². The number of thiophene rings is 1. The lowest BCUT2D eigenvalue weighted by molar-refractivity contribution is 0.0601. The molecule has 0 saturated heterocycles. The van der Waals surface area contributed by atoms with Crippen LogP contribution >= 0.6 is 35.2 Å². The maximum atomic E-state index is 12.1. The van der Waals surface area contributed by atoms with Crippen molar-refractivity contribution in [2.45, 2.75) is 19.3 Å². The van der Waals surface area contributed by atoms with E-state index in [-0.39, 0.29) is 5.97 Å². The van der Waals surface area contributed by atoms with Gasteiger partial charge in [0.25, 0.3) is 0 Å². The molecule has 0 spiro atoms. The van der Waals surface area contributed by atoms with Gasteiger partial charge >= 0.3 is 5.97 Å². The number of methoxy groups -OCH3 is 1. The third-order valence-electron chi connectivity index (χ3n) is 3.62. The van der Waals surface area contributed by atoms with Gasteiger partial charge in [0.15, 0.2) is 5.11 Å². The molecule has 0 radical (unpaired) electrons. The van der Waals surface area contributed by atoms with Crippen LogP contribution in [-0.4, -0.2) is 18.2 Å². The van der Waals surface area contributed by atoms with Gasteiger partial charge in [0.2, 0.25) is 0 Å². The van der Waals surface area contributed by atoms with Crippen LogP contribution in [0.2, 0.25) is 5.02 Å². The van der Waals surface area contributed by atoms with Gasteiger partial charge in [-0.3, -0.25) is 0 Å². The van der Waals surface area contributed by atoms with Gasteiger partial charge in [-0.2, -0.15) is 0 Å². The Bertz CT molecular complexity index is 773. The van der Waals surface area contributed by atoms with E-state index < -0.39 is 0 Å². The number of hydrogen-bond acceptors (Lipinski definition) is 4. The third kappa shape index (κ3) is 3.49. The summed E-state index contributed by atoms with van der Waals surface area (Å²) in [6, 6.07) is 7.29. The molecule has 1 aromatic heterocycles. The molecule has 0 aliphatic heterocycles. The molecule has 1 heterocycles. The molecule has 23 heavy (non-hydrogen) atoms. The van der Waals surface area contributed by atoms with Crippen LogP contribution in [0.5, 0.6) is 0 Å². The summed E-state index contributed by atoms with van der Waals surface area (Å²) < 4.78 is 4.92. The van der Waals surface area contributed by atoms with E-state index in [0.717, 1.165) is 35.5 Å². The number of hydrogen-bond donors (Lipinski definition) is 2. The zero-order valence-electron chi connectivity index (χ0n) is 12.4. The van der Waals surface area contributed by atoms with E-state index in [0.29, 0.717) is 15.7 Å². The summed E-state index contributed by atoms with van der Waals surface area (Å²) in [5.74, 6) is -0.322. The van der Waals surface area contributed by atoms with Crippen molar-refractivity contribution in [1.82, 2.24) is 0 Å². The number of nitrogens with one attached hydrogen (secondary N) is 2. The quantitative estimate of drug-likeness (QED) is 0.619. The average molecular weight is 367 g/mol. The predicted octanol–water partition coefficient (Wildman–Crippen LogP) is 4.49. The lowest BCUT2D eigenvalue weighted by Gasteiger charge is -2.11. The van der Waals surface area contributed by atoms with Crippen LogP contribution in [0.25, 0.3) is 0 Å². The topological polar surface area (TPSA) is 50.4 Å². The van der Waals surface area contributed by atoms with Crippen LogP contribution in [-0.2, 0) is 17.6 Å². The molecule has 0 bridgehead atoms. The number of benzene rings is 1. The van der Waals surface area contributed by atoms with Crippen molar-refractivity contribution in [2.24, 2.45) is 0 Å². The van der Waals surface area contributed by atoms with Crippen molar-refractivity contribution in [2.75, 3.05) is 17.7 Å². The first-order valence-electron chi connectivity index (χ1n) is 7.15. The van der Waals surface area contributed by atoms with Crippen molar-refractivity contribution in [3.63, 3.8) is 0 Å². The zero-order chi connectivity index (χ0) is 16.4. The van der Waals surface area contributed by atoms with Crippen LogP contribution in [0.15, 0.2) is 24.3 Å². The Morgan fingerprint density at radius 2 is 2.17 bits per heavy atom. The lowest BCUT2D eigenvalue weighted by atomic mass is 10.1. The molecule has 3 rings (SSSR count). The van der Waals surface area contributed by atoms with Crippen molar-refractivity contribution in [1.29, 1.82) is 0 Å². The number of carbonyl (C=O) groups excluding carboxylic acids is 1. The second kappa shape index (κ2) is 6.86. The van der Waals surface area contributed by atoms with E-state index in [1.807, 2.05) is 12.1 Å². The van der Waals surface area contributed by atoms with Gasteiger partial charge in [-0.1, -0.05) is 17.7 Å². The minimum absolute atomic E-state index is 0.322. The maximum Gasteiger partial charge on any atom is 0.341 e. The highest BCUT2D eigenvalue weighted by Crippen LogP contribution is 2.39. The second-order valence-electron chi connectivity index (χ2n) is 5.14. The van der Waals surface area contributed by atoms with Crippen molar-refractivity contribution in [3.05, 3.63) is 45.3 Å². The normalized spacial score (nSPS) is 12.6. The molecule has 1 aliphatic carbocycles. The molecule has 1 aromatic carbocycles. The van der Waals surface area contributed by atoms with Gasteiger partial charge in [0, 0.05) is 15.6 Å². The Morgan fingerprint density at radius 3 is 2.91 bits per heavy atom. The van der Waals surface area contributed by atoms with E-state index in [2.05, 4.69) is 10.6 Å². The largest absolute Gasteiger partial charge is 0.465 e. The fourth-order valence-electron chi connectivity index (χ4n) is 2.64. The standard InChI is InChI=1S/C16H15ClN2O2S2/c1-21-15(20)13-11-6-3-7-12(11)23-14(13)19-16(22)18-10-5-2-4-9(17)8-10/h2,4-5,8H,3,6-7H2,1H3,(H2,18,19,22). The second-order valence-corrected chi connectivity index (χ2v) is 7.09. The molecule has 0 fully saturated rings. The molecule has 7 heteroatoms. The molecule has 0 atom stereocenters. The van der Waals surface area contributed by atoms with Gasteiger partial charge in [-0.15, -0.1) is 11.3 Å². The fourth-order valence-corrected chi connectivity index (χ4v) is 4.40. The Balaban J connectivity index is 1.80. The molecule has 2 aromatic rings. The van der Waals surface area contributed by atoms with Crippen LogP contribution in [0.1, 0.15) is 27.2 Å². The van der Waals surface area contributed by atoms with E-state index in [4.69, 9.17) is 28.6 Å². The van der Waals surface area contributed by atoms with Gasteiger partial charge in [-0.05, 0) is 55.2 Å². The summed E-state index contributed by atoms with van der Waals surface area (Å²) in [5.41, 5.74) is 2.49. The Labute approximate surface area is 148 Å². The number of anilines is 2. The highest BCUT2D eigenvalue weighted by Gasteiger charge is 2.27. The predicted molar refractivity (Wildman–Crippen MR) is 99.0 cm³/mol. The molecular formula is C16H15ClN2O2S2. The summed E-state index contributed by atoms with van der Waals surface area (Å²) in [4.78, 5) is 13.3. The molecule has 4 nitrogen and oxygen atoms in total. The number of thiocarbonyl (C=S) groups is 1. The van der Waals surface area contributed by atoms with Crippen molar-refractivity contribution in [3.8, 4) is 0 Å². The van der Waals surface area contributed by atoms with Gasteiger partial charge in [0.1, 0.15) is 5.00 Å². The first-order valence-corrected chi connectivity index (χ1v) is 8.75. The number of rotatable bonds is 3. The Morgan fingerprint density at radius 1 is 1.35 bits per heavy atom. The van der Waals surface area contributed by atoms with Gasteiger partial charge in [-0.25, -0.2) is 4.79 Å². The molecule has 0 saturated carbocycles. The van der Waals surface area contributed by atoms with Crippen LogP contribution in [0, 0.1) is 0 Å². The van der Waals surface area contributed by atoms with E-state index in [1.165, 1.54) is 12.0 Å². The SMILES string of the molecule is COC(=O)c1c(NC(=S)Nc2cccc(Cl)c2)sc2c1CCC2. The molecule has 2 N–H and O–H groups in total. The maximum absolute atomic E-state index is 12.1. The van der Waals surface area contributed by atoms with Crippen LogP contribution < -0.4 is 10.6 Å². The number of halogens is 1. The Kier molecular flexibility index (Phi) is 4.84.